The van der Waals surface area contributed by atoms with Gasteiger partial charge < -0.3 is 5.32 Å². The second-order valence-electron chi connectivity index (χ2n) is 2.99. The van der Waals surface area contributed by atoms with Crippen LogP contribution in [0.4, 0.5) is 13.2 Å². The van der Waals surface area contributed by atoms with E-state index in [1.165, 1.54) is 0 Å². The van der Waals surface area contributed by atoms with Crippen LogP contribution >= 0.6 is 0 Å². The predicted molar refractivity (Wildman–Crippen MR) is 45.6 cm³/mol. The van der Waals surface area contributed by atoms with Crippen LogP contribution in [-0.2, 0) is 13.6 Å². The molecule has 1 rings (SSSR count). The molecule has 0 spiro atoms. The van der Waals surface area contributed by atoms with Gasteiger partial charge in [0.25, 0.3) is 0 Å². The quantitative estimate of drug-likeness (QED) is 0.757. The number of nitrogens with zero attached hydrogens (tertiary/aromatic N) is 2. The fourth-order valence-electron chi connectivity index (χ4n) is 1.02. The van der Waals surface area contributed by atoms with Gasteiger partial charge in [0.1, 0.15) is 0 Å². The highest BCUT2D eigenvalue weighted by atomic mass is 19.4. The zero-order valence-electron chi connectivity index (χ0n) is 7.80. The highest BCUT2D eigenvalue weighted by Crippen LogP contribution is 2.18. The molecule has 0 saturated carbocycles. The van der Waals surface area contributed by atoms with Crippen molar-refractivity contribution < 1.29 is 13.2 Å². The second kappa shape index (κ2) is 4.45. The minimum atomic E-state index is -4.08. The van der Waals surface area contributed by atoms with Crippen molar-refractivity contribution in [3.05, 3.63) is 18.0 Å². The summed E-state index contributed by atoms with van der Waals surface area (Å²) in [4.78, 5) is 0. The Balaban J connectivity index is 2.20. The van der Waals surface area contributed by atoms with E-state index in [2.05, 4.69) is 10.4 Å². The van der Waals surface area contributed by atoms with E-state index in [1.54, 1.807) is 24.0 Å². The maximum atomic E-state index is 11.7. The first kappa shape index (κ1) is 11.0. The third-order valence-corrected chi connectivity index (χ3v) is 1.81. The highest BCUT2D eigenvalue weighted by Gasteiger charge is 2.25. The molecule has 1 heterocycles. The lowest BCUT2D eigenvalue weighted by molar-refractivity contribution is -0.133. The van der Waals surface area contributed by atoms with Crippen molar-refractivity contribution in [2.45, 2.75) is 19.1 Å². The van der Waals surface area contributed by atoms with Gasteiger partial charge in [-0.05, 0) is 6.07 Å². The molecule has 0 aliphatic heterocycles. The maximum Gasteiger partial charge on any atom is 0.390 e. The third kappa shape index (κ3) is 3.78. The Morgan fingerprint density at radius 1 is 1.50 bits per heavy atom. The summed E-state index contributed by atoms with van der Waals surface area (Å²) in [5.41, 5.74) is 0.868. The lowest BCUT2D eigenvalue weighted by atomic mass is 10.4. The molecule has 0 bridgehead atoms. The number of halogens is 3. The van der Waals surface area contributed by atoms with Crippen LogP contribution < -0.4 is 5.32 Å². The summed E-state index contributed by atoms with van der Waals surface area (Å²) in [6.07, 6.45) is -3.27. The molecule has 80 valence electrons. The summed E-state index contributed by atoms with van der Waals surface area (Å²) < 4.78 is 36.9. The second-order valence-corrected chi connectivity index (χ2v) is 2.99. The largest absolute Gasteiger partial charge is 0.390 e. The smallest absolute Gasteiger partial charge is 0.311 e. The van der Waals surface area contributed by atoms with E-state index in [1.807, 2.05) is 0 Å². The van der Waals surface area contributed by atoms with Gasteiger partial charge in [0.15, 0.2) is 0 Å². The first-order valence-electron chi connectivity index (χ1n) is 4.23. The van der Waals surface area contributed by atoms with Crippen LogP contribution in [0.1, 0.15) is 12.1 Å². The highest BCUT2D eigenvalue weighted by molar-refractivity contribution is 4.98. The van der Waals surface area contributed by atoms with Gasteiger partial charge in [0, 0.05) is 26.3 Å². The summed E-state index contributed by atoms with van der Waals surface area (Å²) in [6.45, 7) is 0.348. The van der Waals surface area contributed by atoms with Gasteiger partial charge in [-0.15, -0.1) is 0 Å². The summed E-state index contributed by atoms with van der Waals surface area (Å²) in [5.74, 6) is 0. The molecule has 0 fully saturated rings. The Bertz CT molecular complexity index is 280. The van der Waals surface area contributed by atoms with Gasteiger partial charge in [-0.1, -0.05) is 0 Å². The standard InChI is InChI=1S/C8H12F3N3/c1-14-7(2-4-13-14)6-12-5-3-8(9,10)11/h2,4,12H,3,5-6H2,1H3. The van der Waals surface area contributed by atoms with E-state index in [9.17, 15) is 13.2 Å². The first-order chi connectivity index (χ1) is 6.49. The molecular weight excluding hydrogens is 195 g/mol. The molecule has 0 radical (unpaired) electrons. The monoisotopic (exact) mass is 207 g/mol. The topological polar surface area (TPSA) is 29.9 Å². The number of aromatic nitrogens is 2. The van der Waals surface area contributed by atoms with Gasteiger partial charge in [0.05, 0.1) is 12.1 Å². The Morgan fingerprint density at radius 3 is 2.71 bits per heavy atom. The Labute approximate surface area is 79.9 Å². The summed E-state index contributed by atoms with van der Waals surface area (Å²) in [5, 5.41) is 6.60. The van der Waals surface area contributed by atoms with E-state index < -0.39 is 12.6 Å². The molecule has 0 atom stereocenters. The lowest BCUT2D eigenvalue weighted by Gasteiger charge is -2.07. The Kier molecular flexibility index (Phi) is 3.51. The average Bonchev–Trinajstić information content (AvgIpc) is 2.44. The maximum absolute atomic E-state index is 11.7. The van der Waals surface area contributed by atoms with Gasteiger partial charge in [-0.3, -0.25) is 4.68 Å². The van der Waals surface area contributed by atoms with E-state index in [0.29, 0.717) is 6.54 Å². The van der Waals surface area contributed by atoms with Crippen molar-refractivity contribution >= 4 is 0 Å². The van der Waals surface area contributed by atoms with E-state index in [-0.39, 0.29) is 6.54 Å². The molecule has 0 aliphatic rings. The van der Waals surface area contributed by atoms with Crippen molar-refractivity contribution in [3.8, 4) is 0 Å². The molecule has 3 nitrogen and oxygen atoms in total. The van der Waals surface area contributed by atoms with Crippen molar-refractivity contribution in [1.29, 1.82) is 0 Å². The Morgan fingerprint density at radius 2 is 2.21 bits per heavy atom. The van der Waals surface area contributed by atoms with Gasteiger partial charge >= 0.3 is 6.18 Å². The van der Waals surface area contributed by atoms with Crippen molar-refractivity contribution in [1.82, 2.24) is 15.1 Å². The van der Waals surface area contributed by atoms with Crippen LogP contribution in [0.5, 0.6) is 0 Å². The van der Waals surface area contributed by atoms with Crippen LogP contribution in [0.15, 0.2) is 12.3 Å². The molecule has 1 N–H and O–H groups in total. The summed E-state index contributed by atoms with van der Waals surface area (Å²) in [6, 6.07) is 1.76. The molecular formula is C8H12F3N3. The molecule has 1 aromatic heterocycles. The Hall–Kier alpha value is -1.04. The minimum absolute atomic E-state index is 0.0608. The molecule has 1 aromatic rings. The molecule has 0 amide bonds. The fraction of sp³-hybridized carbons (Fsp3) is 0.625. The van der Waals surface area contributed by atoms with Gasteiger partial charge in [-0.25, -0.2) is 0 Å². The number of rotatable bonds is 4. The number of hydrogen-bond donors (Lipinski definition) is 1. The summed E-state index contributed by atoms with van der Waals surface area (Å²) in [7, 11) is 1.75. The molecule has 0 aromatic carbocycles. The van der Waals surface area contributed by atoms with Crippen molar-refractivity contribution in [2.24, 2.45) is 7.05 Å². The molecule has 0 aliphatic carbocycles. The van der Waals surface area contributed by atoms with Crippen LogP contribution in [0.2, 0.25) is 0 Å². The van der Waals surface area contributed by atoms with Crippen molar-refractivity contribution in [3.63, 3.8) is 0 Å². The molecule has 6 heteroatoms. The summed E-state index contributed by atoms with van der Waals surface area (Å²) >= 11 is 0. The van der Waals surface area contributed by atoms with Gasteiger partial charge in [-0.2, -0.15) is 18.3 Å². The predicted octanol–water partition coefficient (Wildman–Crippen LogP) is 1.46. The van der Waals surface area contributed by atoms with Gasteiger partial charge in [0.2, 0.25) is 0 Å². The SMILES string of the molecule is Cn1nccc1CNCCC(F)(F)F. The van der Waals surface area contributed by atoms with Crippen LogP contribution in [0, 0.1) is 0 Å². The van der Waals surface area contributed by atoms with E-state index in [4.69, 9.17) is 0 Å². The van der Waals surface area contributed by atoms with Crippen LogP contribution in [-0.4, -0.2) is 22.5 Å². The zero-order valence-corrected chi connectivity index (χ0v) is 7.80. The van der Waals surface area contributed by atoms with Crippen LogP contribution in [0.25, 0.3) is 0 Å². The number of alkyl halides is 3. The normalized spacial score (nSPS) is 12.0. The first-order valence-corrected chi connectivity index (χ1v) is 4.23. The van der Waals surface area contributed by atoms with Crippen molar-refractivity contribution in [2.75, 3.05) is 6.54 Å². The molecule has 0 unspecified atom stereocenters. The van der Waals surface area contributed by atoms with E-state index in [0.717, 1.165) is 5.69 Å². The molecule has 0 saturated heterocycles. The third-order valence-electron chi connectivity index (χ3n) is 1.81. The van der Waals surface area contributed by atoms with Crippen LogP contribution in [0.3, 0.4) is 0 Å². The number of hydrogen-bond acceptors (Lipinski definition) is 2. The molecule has 14 heavy (non-hydrogen) atoms. The fourth-order valence-corrected chi connectivity index (χ4v) is 1.02. The van der Waals surface area contributed by atoms with E-state index >= 15 is 0 Å². The zero-order chi connectivity index (χ0) is 10.6. The number of aryl methyl sites for hydroxylation is 1. The number of nitrogens with one attached hydrogen (secondary N) is 1. The average molecular weight is 207 g/mol. The minimum Gasteiger partial charge on any atom is -0.311 e. The lowest BCUT2D eigenvalue weighted by Crippen LogP contribution is -2.22.